The van der Waals surface area contributed by atoms with Crippen LogP contribution in [0, 0.1) is 0 Å². The van der Waals surface area contributed by atoms with Gasteiger partial charge in [0.25, 0.3) is 0 Å². The van der Waals surface area contributed by atoms with E-state index < -0.39 is 5.60 Å². The van der Waals surface area contributed by atoms with Crippen LogP contribution in [0.1, 0.15) is 27.2 Å². The van der Waals surface area contributed by atoms with Crippen LogP contribution in [-0.2, 0) is 4.74 Å². The monoisotopic (exact) mass is 217 g/mol. The van der Waals surface area contributed by atoms with E-state index in [4.69, 9.17) is 10.5 Å². The van der Waals surface area contributed by atoms with E-state index in [1.54, 1.807) is 0 Å². The Balaban J connectivity index is 3.32. The molecule has 0 rings (SSSR count). The second-order valence-electron chi connectivity index (χ2n) is 4.32. The summed E-state index contributed by atoms with van der Waals surface area (Å²) in [7, 11) is 0. The van der Waals surface area contributed by atoms with Crippen LogP contribution in [0.4, 0.5) is 4.79 Å². The molecule has 0 aliphatic carbocycles. The topological polar surface area (TPSA) is 76.4 Å². The van der Waals surface area contributed by atoms with Gasteiger partial charge in [-0.15, -0.1) is 0 Å². The highest BCUT2D eigenvalue weighted by Crippen LogP contribution is 2.06. The van der Waals surface area contributed by atoms with Crippen molar-refractivity contribution in [1.29, 1.82) is 0 Å². The number of carbonyl (C=O) groups is 1. The van der Waals surface area contributed by atoms with E-state index in [-0.39, 0.29) is 6.09 Å². The molecule has 0 atom stereocenters. The highest BCUT2D eigenvalue weighted by Gasteiger charge is 2.15. The summed E-state index contributed by atoms with van der Waals surface area (Å²) < 4.78 is 5.07. The fourth-order valence-electron chi connectivity index (χ4n) is 0.945. The summed E-state index contributed by atoms with van der Waals surface area (Å²) in [6, 6.07) is 0. The molecule has 0 radical (unpaired) electrons. The minimum absolute atomic E-state index is 0.360. The van der Waals surface area contributed by atoms with E-state index in [1.807, 2.05) is 20.8 Å². The van der Waals surface area contributed by atoms with E-state index in [0.29, 0.717) is 13.1 Å². The van der Waals surface area contributed by atoms with E-state index in [0.717, 1.165) is 19.5 Å². The van der Waals surface area contributed by atoms with Gasteiger partial charge in [-0.3, -0.25) is 0 Å². The number of carbonyl (C=O) groups excluding carboxylic acids is 1. The number of amides is 1. The second-order valence-corrected chi connectivity index (χ2v) is 4.32. The molecule has 90 valence electrons. The molecule has 15 heavy (non-hydrogen) atoms. The van der Waals surface area contributed by atoms with Gasteiger partial charge in [0.15, 0.2) is 0 Å². The van der Waals surface area contributed by atoms with Crippen molar-refractivity contribution in [3.63, 3.8) is 0 Å². The Morgan fingerprint density at radius 2 is 1.93 bits per heavy atom. The van der Waals surface area contributed by atoms with E-state index in [2.05, 4.69) is 10.6 Å². The summed E-state index contributed by atoms with van der Waals surface area (Å²) in [5.41, 5.74) is 4.88. The first-order chi connectivity index (χ1) is 6.95. The lowest BCUT2D eigenvalue weighted by molar-refractivity contribution is 0.0527. The molecule has 0 saturated heterocycles. The van der Waals surface area contributed by atoms with Crippen molar-refractivity contribution in [2.45, 2.75) is 32.8 Å². The fraction of sp³-hybridized carbons (Fsp3) is 0.900. The first-order valence-electron chi connectivity index (χ1n) is 5.33. The molecule has 0 aliphatic rings. The molecule has 0 heterocycles. The number of hydrogen-bond donors (Lipinski definition) is 3. The molecule has 5 nitrogen and oxygen atoms in total. The van der Waals surface area contributed by atoms with E-state index in [1.165, 1.54) is 0 Å². The molecule has 0 aromatic rings. The van der Waals surface area contributed by atoms with Crippen molar-refractivity contribution >= 4 is 6.09 Å². The molecule has 0 aromatic carbocycles. The van der Waals surface area contributed by atoms with Gasteiger partial charge in [-0.2, -0.15) is 0 Å². The van der Waals surface area contributed by atoms with Gasteiger partial charge in [0.05, 0.1) is 0 Å². The zero-order valence-corrected chi connectivity index (χ0v) is 9.93. The molecule has 0 fully saturated rings. The lowest BCUT2D eigenvalue weighted by Gasteiger charge is -2.19. The minimum atomic E-state index is -0.429. The molecule has 4 N–H and O–H groups in total. The Labute approximate surface area is 91.7 Å². The summed E-state index contributed by atoms with van der Waals surface area (Å²) in [6.45, 7) is 8.45. The number of nitrogens with two attached hydrogens (primary N) is 1. The maximum absolute atomic E-state index is 11.2. The van der Waals surface area contributed by atoms with Crippen LogP contribution in [0.25, 0.3) is 0 Å². The molecule has 0 aliphatic heterocycles. The Morgan fingerprint density at radius 3 is 2.47 bits per heavy atom. The van der Waals surface area contributed by atoms with Crippen LogP contribution in [0.5, 0.6) is 0 Å². The van der Waals surface area contributed by atoms with Gasteiger partial charge in [-0.1, -0.05) is 0 Å². The minimum Gasteiger partial charge on any atom is -0.444 e. The van der Waals surface area contributed by atoms with Gasteiger partial charge < -0.3 is 21.1 Å². The largest absolute Gasteiger partial charge is 0.444 e. The molecule has 0 bridgehead atoms. The zero-order valence-electron chi connectivity index (χ0n) is 9.93. The first-order valence-corrected chi connectivity index (χ1v) is 5.33. The van der Waals surface area contributed by atoms with Gasteiger partial charge in [0.2, 0.25) is 0 Å². The van der Waals surface area contributed by atoms with Crippen molar-refractivity contribution in [3.8, 4) is 0 Å². The lowest BCUT2D eigenvalue weighted by Crippen LogP contribution is -2.34. The van der Waals surface area contributed by atoms with Gasteiger partial charge in [-0.05, 0) is 33.7 Å². The smallest absolute Gasteiger partial charge is 0.407 e. The Kier molecular flexibility index (Phi) is 7.07. The maximum Gasteiger partial charge on any atom is 0.407 e. The first kappa shape index (κ1) is 14.2. The summed E-state index contributed by atoms with van der Waals surface area (Å²) in [6.07, 6.45) is 0.514. The third-order valence-corrected chi connectivity index (χ3v) is 1.52. The maximum atomic E-state index is 11.2. The van der Waals surface area contributed by atoms with Crippen LogP contribution in [-0.4, -0.2) is 37.9 Å². The molecule has 0 unspecified atom stereocenters. The number of ether oxygens (including phenoxy) is 1. The SMILES string of the molecule is CC(C)(C)OC(=O)NCCCNCCN. The fourth-order valence-corrected chi connectivity index (χ4v) is 0.945. The van der Waals surface area contributed by atoms with Crippen molar-refractivity contribution in [1.82, 2.24) is 10.6 Å². The number of rotatable bonds is 6. The van der Waals surface area contributed by atoms with Gasteiger partial charge in [0, 0.05) is 19.6 Å². The van der Waals surface area contributed by atoms with Crippen LogP contribution >= 0.6 is 0 Å². The standard InChI is InChI=1S/C10H23N3O2/c1-10(2,3)15-9(14)13-7-4-6-12-8-5-11/h12H,4-8,11H2,1-3H3,(H,13,14). The Morgan fingerprint density at radius 1 is 1.27 bits per heavy atom. The van der Waals surface area contributed by atoms with E-state index in [9.17, 15) is 4.79 Å². The normalized spacial score (nSPS) is 11.2. The quantitative estimate of drug-likeness (QED) is 0.565. The van der Waals surface area contributed by atoms with Crippen molar-refractivity contribution in [2.24, 2.45) is 5.73 Å². The van der Waals surface area contributed by atoms with Crippen LogP contribution in [0.3, 0.4) is 0 Å². The number of alkyl carbamates (subject to hydrolysis) is 1. The number of nitrogens with one attached hydrogen (secondary N) is 2. The van der Waals surface area contributed by atoms with E-state index >= 15 is 0 Å². The van der Waals surface area contributed by atoms with Crippen LogP contribution < -0.4 is 16.4 Å². The number of hydrogen-bond acceptors (Lipinski definition) is 4. The lowest BCUT2D eigenvalue weighted by atomic mass is 10.2. The molecule has 0 aromatic heterocycles. The highest BCUT2D eigenvalue weighted by molar-refractivity contribution is 5.67. The average molecular weight is 217 g/mol. The molecule has 0 saturated carbocycles. The Hall–Kier alpha value is -0.810. The summed E-state index contributed by atoms with van der Waals surface area (Å²) in [5.74, 6) is 0. The van der Waals surface area contributed by atoms with Gasteiger partial charge in [-0.25, -0.2) is 4.79 Å². The predicted molar refractivity (Wildman–Crippen MR) is 60.8 cm³/mol. The van der Waals surface area contributed by atoms with Crippen molar-refractivity contribution < 1.29 is 9.53 Å². The zero-order chi connectivity index (χ0) is 11.7. The van der Waals surface area contributed by atoms with Gasteiger partial charge >= 0.3 is 6.09 Å². The highest BCUT2D eigenvalue weighted by atomic mass is 16.6. The van der Waals surface area contributed by atoms with Crippen LogP contribution in [0.2, 0.25) is 0 Å². The molecule has 0 spiro atoms. The second kappa shape index (κ2) is 7.48. The Bertz CT molecular complexity index is 178. The summed E-state index contributed by atoms with van der Waals surface area (Å²) in [4.78, 5) is 11.2. The van der Waals surface area contributed by atoms with Crippen LogP contribution in [0.15, 0.2) is 0 Å². The van der Waals surface area contributed by atoms with Gasteiger partial charge in [0.1, 0.15) is 5.60 Å². The molecule has 1 amide bonds. The molecular formula is C10H23N3O2. The third kappa shape index (κ3) is 11.1. The summed E-state index contributed by atoms with van der Waals surface area (Å²) in [5, 5.41) is 5.82. The molecular weight excluding hydrogens is 194 g/mol. The predicted octanol–water partition coefficient (Wildman–Crippen LogP) is 0.450. The van der Waals surface area contributed by atoms with Crippen molar-refractivity contribution in [2.75, 3.05) is 26.2 Å². The van der Waals surface area contributed by atoms with Crippen molar-refractivity contribution in [3.05, 3.63) is 0 Å². The summed E-state index contributed by atoms with van der Waals surface area (Å²) >= 11 is 0. The average Bonchev–Trinajstić information content (AvgIpc) is 2.08. The molecule has 5 heteroatoms. The third-order valence-electron chi connectivity index (χ3n) is 1.52.